The highest BCUT2D eigenvalue weighted by atomic mass is 79.9. The van der Waals surface area contributed by atoms with Gasteiger partial charge in [-0.15, -0.1) is 5.10 Å². The number of benzene rings is 1. The number of rotatable bonds is 1. The van der Waals surface area contributed by atoms with Crippen molar-refractivity contribution in [2.75, 3.05) is 6.26 Å². The Hall–Kier alpha value is -2.06. The van der Waals surface area contributed by atoms with Crippen LogP contribution in [0.1, 0.15) is 11.9 Å². The van der Waals surface area contributed by atoms with Crippen molar-refractivity contribution in [3.63, 3.8) is 0 Å². The van der Waals surface area contributed by atoms with Gasteiger partial charge in [0.25, 0.3) is 5.91 Å². The molecular formula is C15H11BrN4O2S. The summed E-state index contributed by atoms with van der Waals surface area (Å²) in [7, 11) is 0. The maximum absolute atomic E-state index is 12.6. The Kier molecular flexibility index (Phi) is 3.50. The number of amidine groups is 1. The van der Waals surface area contributed by atoms with Crippen LogP contribution in [0.15, 0.2) is 55.6 Å². The molecule has 0 radical (unpaired) electrons. The van der Waals surface area contributed by atoms with Crippen LogP contribution in [0.2, 0.25) is 0 Å². The van der Waals surface area contributed by atoms with Crippen molar-refractivity contribution in [2.45, 2.75) is 6.17 Å². The van der Waals surface area contributed by atoms with Crippen LogP contribution in [0.3, 0.4) is 0 Å². The maximum Gasteiger partial charge on any atom is 0.276 e. The summed E-state index contributed by atoms with van der Waals surface area (Å²) >= 11 is 4.81. The Labute approximate surface area is 144 Å². The Balaban J connectivity index is 2.03. The number of nitrogens with zero attached hydrogens (tertiary/aromatic N) is 3. The number of fused-ring (bicyclic) bond motifs is 2. The number of furan rings is 1. The van der Waals surface area contributed by atoms with Crippen LogP contribution in [0.5, 0.6) is 0 Å². The number of carbonyl (C=O) groups is 1. The summed E-state index contributed by atoms with van der Waals surface area (Å²) in [4.78, 5) is 17.3. The van der Waals surface area contributed by atoms with Crippen molar-refractivity contribution < 1.29 is 9.21 Å². The Morgan fingerprint density at radius 2 is 2.26 bits per heavy atom. The molecule has 0 saturated carbocycles. The van der Waals surface area contributed by atoms with Gasteiger partial charge in [-0.1, -0.05) is 27.7 Å². The molecule has 6 nitrogen and oxygen atoms in total. The van der Waals surface area contributed by atoms with Crippen molar-refractivity contribution in [1.29, 1.82) is 0 Å². The van der Waals surface area contributed by atoms with Gasteiger partial charge in [0.2, 0.25) is 6.17 Å². The standard InChI is InChI=1S/C15H11BrN4O2S/c1-23-15-18-14(21)12-9-7-8(16)4-5-10(9)17-13(20(12)19-15)11-3-2-6-22-11/h2-7,13H,1H3,(H,18,19,21). The van der Waals surface area contributed by atoms with E-state index in [0.717, 1.165) is 15.0 Å². The van der Waals surface area contributed by atoms with E-state index in [1.165, 1.54) is 11.8 Å². The lowest BCUT2D eigenvalue weighted by Gasteiger charge is -2.32. The van der Waals surface area contributed by atoms with E-state index in [1.54, 1.807) is 17.3 Å². The minimum Gasteiger partial charge on any atom is -0.465 e. The van der Waals surface area contributed by atoms with Gasteiger partial charge in [0.1, 0.15) is 11.5 Å². The molecule has 3 heterocycles. The number of nitrogens with one attached hydrogen (secondary N) is 1. The fourth-order valence-electron chi connectivity index (χ4n) is 2.57. The normalized spacial score (nSPS) is 19.5. The second kappa shape index (κ2) is 5.54. The van der Waals surface area contributed by atoms with E-state index >= 15 is 0 Å². The number of hydrogen-bond acceptors (Lipinski definition) is 6. The van der Waals surface area contributed by atoms with E-state index in [0.29, 0.717) is 16.6 Å². The van der Waals surface area contributed by atoms with Crippen LogP contribution < -0.4 is 15.9 Å². The third-order valence-corrected chi connectivity index (χ3v) is 4.62. The monoisotopic (exact) mass is 390 g/mol. The SMILES string of the molecule is CSC1=NN2C(=c3cc(Br)ccc3=NC2c2ccco2)C(=O)N1. The maximum atomic E-state index is 12.6. The van der Waals surface area contributed by atoms with Gasteiger partial charge in [-0.25, -0.2) is 10.0 Å². The van der Waals surface area contributed by atoms with E-state index in [9.17, 15) is 4.79 Å². The van der Waals surface area contributed by atoms with E-state index in [4.69, 9.17) is 9.41 Å². The molecule has 2 aliphatic rings. The number of amides is 1. The zero-order valence-electron chi connectivity index (χ0n) is 12.0. The molecule has 0 fully saturated rings. The number of halogens is 1. The molecular weight excluding hydrogens is 380 g/mol. The lowest BCUT2D eigenvalue weighted by molar-refractivity contribution is -0.116. The molecule has 116 valence electrons. The molecule has 2 aliphatic heterocycles. The van der Waals surface area contributed by atoms with Crippen LogP contribution in [0.4, 0.5) is 0 Å². The van der Waals surface area contributed by atoms with Gasteiger partial charge in [0, 0.05) is 9.69 Å². The molecule has 8 heteroatoms. The highest BCUT2D eigenvalue weighted by Crippen LogP contribution is 2.30. The van der Waals surface area contributed by atoms with Gasteiger partial charge in [-0.05, 0) is 36.6 Å². The van der Waals surface area contributed by atoms with Crippen molar-refractivity contribution in [3.05, 3.63) is 57.4 Å². The molecule has 1 atom stereocenters. The summed E-state index contributed by atoms with van der Waals surface area (Å²) in [6.45, 7) is 0. The first-order valence-corrected chi connectivity index (χ1v) is 8.83. The largest absolute Gasteiger partial charge is 0.465 e. The first kappa shape index (κ1) is 14.5. The van der Waals surface area contributed by atoms with Crippen LogP contribution in [0.25, 0.3) is 5.70 Å². The smallest absolute Gasteiger partial charge is 0.276 e. The highest BCUT2D eigenvalue weighted by Gasteiger charge is 2.35. The zero-order chi connectivity index (χ0) is 16.0. The summed E-state index contributed by atoms with van der Waals surface area (Å²) in [5, 5.41) is 10.9. The van der Waals surface area contributed by atoms with Crippen molar-refractivity contribution in [1.82, 2.24) is 10.3 Å². The fraction of sp³-hybridized carbons (Fsp3) is 0.133. The molecule has 0 aliphatic carbocycles. The van der Waals surface area contributed by atoms with Crippen molar-refractivity contribution >= 4 is 44.5 Å². The molecule has 0 bridgehead atoms. The van der Waals surface area contributed by atoms with Crippen molar-refractivity contribution in [3.8, 4) is 0 Å². The average Bonchev–Trinajstić information content (AvgIpc) is 3.07. The first-order valence-electron chi connectivity index (χ1n) is 6.81. The zero-order valence-corrected chi connectivity index (χ0v) is 14.4. The van der Waals surface area contributed by atoms with Gasteiger partial charge in [0.15, 0.2) is 5.17 Å². The molecule has 1 N–H and O–H groups in total. The summed E-state index contributed by atoms with van der Waals surface area (Å²) in [6, 6.07) is 9.27. The quantitative estimate of drug-likeness (QED) is 0.801. The minimum atomic E-state index is -0.498. The number of hydrazone groups is 1. The topological polar surface area (TPSA) is 70.2 Å². The first-order chi connectivity index (χ1) is 11.2. The molecule has 0 saturated heterocycles. The number of thioether (sulfide) groups is 1. The van der Waals surface area contributed by atoms with E-state index in [2.05, 4.69) is 26.3 Å². The van der Waals surface area contributed by atoms with Crippen LogP contribution >= 0.6 is 27.7 Å². The molecule has 1 amide bonds. The van der Waals surface area contributed by atoms with Crippen molar-refractivity contribution in [2.24, 2.45) is 10.1 Å². The van der Waals surface area contributed by atoms with Gasteiger partial charge in [-0.2, -0.15) is 0 Å². The van der Waals surface area contributed by atoms with Gasteiger partial charge < -0.3 is 4.42 Å². The molecule has 2 aromatic rings. The lowest BCUT2D eigenvalue weighted by Crippen LogP contribution is -2.50. The van der Waals surface area contributed by atoms with Gasteiger partial charge >= 0.3 is 0 Å². The summed E-state index contributed by atoms with van der Waals surface area (Å²) in [5.74, 6) is 0.435. The summed E-state index contributed by atoms with van der Waals surface area (Å²) in [5.41, 5.74) is 0.468. The predicted molar refractivity (Wildman–Crippen MR) is 90.7 cm³/mol. The number of hydrogen-bond donors (Lipinski definition) is 1. The number of carbonyl (C=O) groups excluding carboxylic acids is 1. The van der Waals surface area contributed by atoms with Gasteiger partial charge in [0.05, 0.1) is 11.6 Å². The third-order valence-electron chi connectivity index (χ3n) is 3.56. The van der Waals surface area contributed by atoms with E-state index in [-0.39, 0.29) is 5.91 Å². The third kappa shape index (κ3) is 2.38. The predicted octanol–water partition coefficient (Wildman–Crippen LogP) is 1.55. The van der Waals surface area contributed by atoms with Crippen LogP contribution in [-0.2, 0) is 4.79 Å². The second-order valence-electron chi connectivity index (χ2n) is 4.94. The average molecular weight is 391 g/mol. The summed E-state index contributed by atoms with van der Waals surface area (Å²) < 4.78 is 6.38. The molecule has 1 aromatic heterocycles. The Morgan fingerprint density at radius 3 is 3.00 bits per heavy atom. The minimum absolute atomic E-state index is 0.199. The fourth-order valence-corrected chi connectivity index (χ4v) is 3.29. The summed E-state index contributed by atoms with van der Waals surface area (Å²) in [6.07, 6.45) is 2.95. The molecule has 1 aromatic carbocycles. The lowest BCUT2D eigenvalue weighted by atomic mass is 10.1. The molecule has 4 rings (SSSR count). The van der Waals surface area contributed by atoms with E-state index < -0.39 is 6.17 Å². The van der Waals surface area contributed by atoms with Crippen LogP contribution in [-0.4, -0.2) is 22.3 Å². The molecule has 23 heavy (non-hydrogen) atoms. The highest BCUT2D eigenvalue weighted by molar-refractivity contribution is 9.10. The molecule has 1 unspecified atom stereocenters. The molecule has 0 spiro atoms. The Morgan fingerprint density at radius 1 is 1.39 bits per heavy atom. The van der Waals surface area contributed by atoms with E-state index in [1.807, 2.05) is 30.5 Å². The second-order valence-corrected chi connectivity index (χ2v) is 6.65. The Bertz CT molecular complexity index is 939. The van der Waals surface area contributed by atoms with Gasteiger partial charge in [-0.3, -0.25) is 10.1 Å². The van der Waals surface area contributed by atoms with Crippen LogP contribution in [0, 0.1) is 0 Å².